The van der Waals surface area contributed by atoms with E-state index in [4.69, 9.17) is 14.6 Å². The molecule has 2 aliphatic rings. The molecule has 2 saturated heterocycles. The second-order valence-corrected chi connectivity index (χ2v) is 8.29. The van der Waals surface area contributed by atoms with Gasteiger partial charge in [-0.15, -0.1) is 0 Å². The first-order chi connectivity index (χ1) is 15.5. The standard InChI is InChI=1S/C24H32N2O6/c27-22(15-26-23(28)16-31-17-8-4-3-5-9-17)25-14-19-18(20-12-13-21(19)32-20)10-6-1-2-7-11-24(29)30/h1,3-6,8-9,18-21H,2,7,10-16H2,(H,25,27)(H,26,28)(H,29,30)/b6-1-/t18-,19-,20-,21-/m0/s1. The van der Waals surface area contributed by atoms with Crippen molar-refractivity contribution in [3.63, 3.8) is 0 Å². The number of aliphatic carboxylic acids is 1. The molecule has 3 rings (SSSR count). The van der Waals surface area contributed by atoms with Gasteiger partial charge in [0.1, 0.15) is 5.75 Å². The van der Waals surface area contributed by atoms with E-state index < -0.39 is 5.97 Å². The van der Waals surface area contributed by atoms with Gasteiger partial charge in [-0.1, -0.05) is 30.4 Å². The van der Waals surface area contributed by atoms with Gasteiger partial charge in [0.05, 0.1) is 18.8 Å². The minimum absolute atomic E-state index is 0.0905. The van der Waals surface area contributed by atoms with Crippen LogP contribution >= 0.6 is 0 Å². The summed E-state index contributed by atoms with van der Waals surface area (Å²) in [6.07, 6.45) is 9.04. The Hall–Kier alpha value is -2.87. The zero-order valence-electron chi connectivity index (χ0n) is 18.2. The average Bonchev–Trinajstić information content (AvgIpc) is 3.39. The van der Waals surface area contributed by atoms with E-state index >= 15 is 0 Å². The summed E-state index contributed by atoms with van der Waals surface area (Å²) in [5.74, 6) is -0.153. The molecule has 0 aliphatic carbocycles. The lowest BCUT2D eigenvalue weighted by Gasteiger charge is -2.27. The van der Waals surface area contributed by atoms with Gasteiger partial charge >= 0.3 is 5.97 Å². The number of fused-ring (bicyclic) bond motifs is 2. The fourth-order valence-corrected chi connectivity index (χ4v) is 4.41. The smallest absolute Gasteiger partial charge is 0.303 e. The Balaban J connectivity index is 1.34. The van der Waals surface area contributed by atoms with Crippen LogP contribution in [0.3, 0.4) is 0 Å². The number of carboxylic acid groups (broad SMARTS) is 1. The maximum atomic E-state index is 12.2. The van der Waals surface area contributed by atoms with Gasteiger partial charge in [0, 0.05) is 18.9 Å². The zero-order chi connectivity index (χ0) is 22.8. The van der Waals surface area contributed by atoms with E-state index in [1.165, 1.54) is 0 Å². The van der Waals surface area contributed by atoms with E-state index in [0.29, 0.717) is 24.6 Å². The van der Waals surface area contributed by atoms with Crippen molar-refractivity contribution >= 4 is 17.8 Å². The Morgan fingerprint density at radius 1 is 1.03 bits per heavy atom. The van der Waals surface area contributed by atoms with Gasteiger partial charge in [0.25, 0.3) is 5.91 Å². The van der Waals surface area contributed by atoms with Gasteiger partial charge in [-0.2, -0.15) is 0 Å². The van der Waals surface area contributed by atoms with Gasteiger partial charge in [-0.25, -0.2) is 0 Å². The fraction of sp³-hybridized carbons (Fsp3) is 0.542. The second-order valence-electron chi connectivity index (χ2n) is 8.29. The molecule has 2 bridgehead atoms. The Bertz CT molecular complexity index is 797. The van der Waals surface area contributed by atoms with E-state index in [1.807, 2.05) is 24.3 Å². The van der Waals surface area contributed by atoms with Crippen molar-refractivity contribution < 1.29 is 29.0 Å². The number of amides is 2. The molecule has 174 valence electrons. The van der Waals surface area contributed by atoms with Crippen LogP contribution in [0, 0.1) is 11.8 Å². The van der Waals surface area contributed by atoms with Crippen LogP contribution in [0.1, 0.15) is 38.5 Å². The lowest BCUT2D eigenvalue weighted by atomic mass is 9.77. The van der Waals surface area contributed by atoms with Gasteiger partial charge in [-0.3, -0.25) is 14.4 Å². The van der Waals surface area contributed by atoms with Crippen molar-refractivity contribution in [3.05, 3.63) is 42.5 Å². The largest absolute Gasteiger partial charge is 0.484 e. The molecule has 0 radical (unpaired) electrons. The summed E-state index contributed by atoms with van der Waals surface area (Å²) in [5.41, 5.74) is 0. The third-order valence-electron chi connectivity index (χ3n) is 6.02. The van der Waals surface area contributed by atoms with Crippen molar-refractivity contribution in [2.45, 2.75) is 50.7 Å². The Morgan fingerprint density at radius 2 is 1.78 bits per heavy atom. The SMILES string of the molecule is O=C(O)CCC/C=C\C[C@H]1[C@H](CNC(=O)CNC(=O)COc2ccccc2)[C@@H]2CC[C@@H]1O2. The highest BCUT2D eigenvalue weighted by atomic mass is 16.5. The minimum Gasteiger partial charge on any atom is -0.484 e. The Morgan fingerprint density at radius 3 is 2.53 bits per heavy atom. The monoisotopic (exact) mass is 444 g/mol. The molecule has 2 heterocycles. The van der Waals surface area contributed by atoms with Crippen LogP contribution < -0.4 is 15.4 Å². The molecular weight excluding hydrogens is 412 g/mol. The number of unbranched alkanes of at least 4 members (excludes halogenated alkanes) is 1. The van der Waals surface area contributed by atoms with Gasteiger partial charge < -0.3 is 25.2 Å². The van der Waals surface area contributed by atoms with Crippen LogP contribution in [0.15, 0.2) is 42.5 Å². The fourth-order valence-electron chi connectivity index (χ4n) is 4.41. The number of nitrogens with one attached hydrogen (secondary N) is 2. The number of allylic oxidation sites excluding steroid dienone is 2. The predicted molar refractivity (Wildman–Crippen MR) is 118 cm³/mol. The minimum atomic E-state index is -0.768. The third-order valence-corrected chi connectivity index (χ3v) is 6.02. The molecule has 2 fully saturated rings. The first-order valence-corrected chi connectivity index (χ1v) is 11.3. The number of carbonyl (C=O) groups excluding carboxylic acids is 2. The summed E-state index contributed by atoms with van der Waals surface area (Å²) in [5, 5.41) is 14.2. The van der Waals surface area contributed by atoms with E-state index in [9.17, 15) is 14.4 Å². The van der Waals surface area contributed by atoms with Gasteiger partial charge in [0.2, 0.25) is 5.91 Å². The summed E-state index contributed by atoms with van der Waals surface area (Å²) in [6.45, 7) is 0.291. The summed E-state index contributed by atoms with van der Waals surface area (Å²) in [7, 11) is 0. The molecule has 0 unspecified atom stereocenters. The van der Waals surface area contributed by atoms with Crippen LogP contribution in [0.2, 0.25) is 0 Å². The highest BCUT2D eigenvalue weighted by Crippen LogP contribution is 2.44. The van der Waals surface area contributed by atoms with E-state index in [0.717, 1.165) is 25.7 Å². The van der Waals surface area contributed by atoms with E-state index in [1.54, 1.807) is 12.1 Å². The van der Waals surface area contributed by atoms with Gasteiger partial charge in [0.15, 0.2) is 6.61 Å². The van der Waals surface area contributed by atoms with Crippen LogP contribution in [-0.2, 0) is 19.1 Å². The molecule has 8 heteroatoms. The molecule has 0 spiro atoms. The topological polar surface area (TPSA) is 114 Å². The molecule has 1 aromatic carbocycles. The molecular formula is C24H32N2O6. The molecule has 4 atom stereocenters. The first-order valence-electron chi connectivity index (χ1n) is 11.3. The maximum absolute atomic E-state index is 12.2. The molecule has 2 amide bonds. The number of hydrogen-bond donors (Lipinski definition) is 3. The van der Waals surface area contributed by atoms with Gasteiger partial charge in [-0.05, 0) is 50.2 Å². The Labute approximate surface area is 188 Å². The number of carboxylic acids is 1. The summed E-state index contributed by atoms with van der Waals surface area (Å²) >= 11 is 0. The van der Waals surface area contributed by atoms with E-state index in [2.05, 4.69) is 16.7 Å². The number of hydrogen-bond acceptors (Lipinski definition) is 5. The molecule has 8 nitrogen and oxygen atoms in total. The molecule has 3 N–H and O–H groups in total. The molecule has 2 aliphatic heterocycles. The normalized spacial score (nSPS) is 23.9. The van der Waals surface area contributed by atoms with E-state index in [-0.39, 0.29) is 49.5 Å². The van der Waals surface area contributed by atoms with Crippen molar-refractivity contribution in [3.8, 4) is 5.75 Å². The number of benzene rings is 1. The first kappa shape index (κ1) is 23.8. The summed E-state index contributed by atoms with van der Waals surface area (Å²) < 4.78 is 11.4. The summed E-state index contributed by atoms with van der Waals surface area (Å²) in [4.78, 5) is 34.7. The van der Waals surface area contributed by atoms with Crippen LogP contribution in [0.5, 0.6) is 5.75 Å². The molecule has 32 heavy (non-hydrogen) atoms. The number of ether oxygens (including phenoxy) is 2. The average molecular weight is 445 g/mol. The maximum Gasteiger partial charge on any atom is 0.303 e. The third kappa shape index (κ3) is 7.37. The number of rotatable bonds is 13. The zero-order valence-corrected chi connectivity index (χ0v) is 18.2. The van der Waals surface area contributed by atoms with Crippen LogP contribution in [-0.4, -0.2) is 54.8 Å². The predicted octanol–water partition coefficient (Wildman–Crippen LogP) is 2.29. The second kappa shape index (κ2) is 12.2. The lowest BCUT2D eigenvalue weighted by molar-refractivity contribution is -0.137. The number of para-hydroxylation sites is 1. The van der Waals surface area contributed by atoms with Crippen molar-refractivity contribution in [1.29, 1.82) is 0 Å². The van der Waals surface area contributed by atoms with Crippen molar-refractivity contribution in [2.24, 2.45) is 11.8 Å². The molecule has 0 saturated carbocycles. The molecule has 0 aromatic heterocycles. The Kier molecular flexibility index (Phi) is 9.10. The molecule has 1 aromatic rings. The van der Waals surface area contributed by atoms with Crippen molar-refractivity contribution in [2.75, 3.05) is 19.7 Å². The lowest BCUT2D eigenvalue weighted by Crippen LogP contribution is -2.43. The highest BCUT2D eigenvalue weighted by Gasteiger charge is 2.47. The van der Waals surface area contributed by atoms with Crippen molar-refractivity contribution in [1.82, 2.24) is 10.6 Å². The number of carbonyl (C=O) groups is 3. The van der Waals surface area contributed by atoms with Crippen LogP contribution in [0.25, 0.3) is 0 Å². The van der Waals surface area contributed by atoms with Crippen LogP contribution in [0.4, 0.5) is 0 Å². The quantitative estimate of drug-likeness (QED) is 0.318. The highest BCUT2D eigenvalue weighted by molar-refractivity contribution is 5.85. The summed E-state index contributed by atoms with van der Waals surface area (Å²) in [6, 6.07) is 9.03.